The van der Waals surface area contributed by atoms with Gasteiger partial charge in [-0.05, 0) is 25.1 Å². The number of aromatic nitrogens is 1. The first-order chi connectivity index (χ1) is 10.3. The van der Waals surface area contributed by atoms with Crippen LogP contribution in [0.15, 0.2) is 30.3 Å². The van der Waals surface area contributed by atoms with Crippen LogP contribution >= 0.6 is 23.1 Å². The molecule has 114 valence electrons. The Balaban J connectivity index is 2.15. The molecule has 0 bridgehead atoms. The van der Waals surface area contributed by atoms with Crippen molar-refractivity contribution in [1.29, 1.82) is 0 Å². The van der Waals surface area contributed by atoms with Gasteiger partial charge in [0.25, 0.3) is 0 Å². The smallest absolute Gasteiger partial charge is 0.103 e. The highest BCUT2D eigenvalue weighted by molar-refractivity contribution is 7.98. The largest absolute Gasteiger partial charge is 0.317 e. The molecule has 1 N–H and O–H groups in total. The molecule has 1 aromatic heterocycles. The maximum absolute atomic E-state index is 4.90. The molecule has 0 aliphatic heterocycles. The first-order valence-electron chi connectivity index (χ1n) is 7.67. The molecule has 1 heterocycles. The molecule has 0 spiro atoms. The highest BCUT2D eigenvalue weighted by Crippen LogP contribution is 2.30. The average molecular weight is 321 g/mol. The van der Waals surface area contributed by atoms with Gasteiger partial charge in [-0.25, -0.2) is 4.98 Å². The van der Waals surface area contributed by atoms with E-state index >= 15 is 0 Å². The molecular weight excluding hydrogens is 296 g/mol. The van der Waals surface area contributed by atoms with E-state index in [0.717, 1.165) is 25.3 Å². The average Bonchev–Trinajstić information content (AvgIpc) is 2.92. The van der Waals surface area contributed by atoms with Gasteiger partial charge in [-0.2, -0.15) is 11.8 Å². The van der Waals surface area contributed by atoms with Crippen LogP contribution in [0.5, 0.6) is 0 Å². The highest BCUT2D eigenvalue weighted by Gasteiger charge is 2.12. The standard InChI is InChI=1S/C17H24N2S2/c1-3-12-20-13-16-19-17(14-8-6-5-7-9-14)15(21-16)10-11-18-4-2/h5-9,18H,3-4,10-13H2,1-2H3. The zero-order valence-corrected chi connectivity index (χ0v) is 14.5. The van der Waals surface area contributed by atoms with E-state index in [-0.39, 0.29) is 0 Å². The van der Waals surface area contributed by atoms with E-state index in [4.69, 9.17) is 4.98 Å². The number of hydrogen-bond acceptors (Lipinski definition) is 4. The van der Waals surface area contributed by atoms with Gasteiger partial charge in [0.05, 0.1) is 5.69 Å². The molecule has 0 amide bonds. The van der Waals surface area contributed by atoms with Crippen LogP contribution in [0.4, 0.5) is 0 Å². The summed E-state index contributed by atoms with van der Waals surface area (Å²) in [5.74, 6) is 2.26. The Labute approximate surface area is 136 Å². The van der Waals surface area contributed by atoms with Crippen molar-refractivity contribution in [3.8, 4) is 11.3 Å². The molecule has 0 aliphatic rings. The van der Waals surface area contributed by atoms with E-state index in [1.54, 1.807) is 0 Å². The number of hydrogen-bond donors (Lipinski definition) is 1. The number of thiazole rings is 1. The minimum Gasteiger partial charge on any atom is -0.317 e. The molecule has 0 unspecified atom stereocenters. The lowest BCUT2D eigenvalue weighted by molar-refractivity contribution is 0.721. The Morgan fingerprint density at radius 1 is 1.19 bits per heavy atom. The Morgan fingerprint density at radius 3 is 2.71 bits per heavy atom. The van der Waals surface area contributed by atoms with Gasteiger partial charge in [0, 0.05) is 22.7 Å². The molecule has 0 saturated carbocycles. The molecular formula is C17H24N2S2. The monoisotopic (exact) mass is 320 g/mol. The second-order valence-electron chi connectivity index (χ2n) is 4.90. The lowest BCUT2D eigenvalue weighted by atomic mass is 10.1. The van der Waals surface area contributed by atoms with Crippen LogP contribution in [0.3, 0.4) is 0 Å². The fourth-order valence-electron chi connectivity index (χ4n) is 2.14. The first-order valence-corrected chi connectivity index (χ1v) is 9.64. The lowest BCUT2D eigenvalue weighted by Gasteiger charge is -2.03. The van der Waals surface area contributed by atoms with Gasteiger partial charge < -0.3 is 5.32 Å². The second kappa shape index (κ2) is 9.23. The van der Waals surface area contributed by atoms with E-state index in [0.29, 0.717) is 0 Å². The Bertz CT molecular complexity index is 523. The Kier molecular flexibility index (Phi) is 7.27. The van der Waals surface area contributed by atoms with Crippen LogP contribution in [0.1, 0.15) is 30.2 Å². The van der Waals surface area contributed by atoms with Gasteiger partial charge in [-0.3, -0.25) is 0 Å². The van der Waals surface area contributed by atoms with Crippen molar-refractivity contribution in [2.24, 2.45) is 0 Å². The van der Waals surface area contributed by atoms with E-state index in [1.807, 2.05) is 23.1 Å². The summed E-state index contributed by atoms with van der Waals surface area (Å²) in [5.41, 5.74) is 2.43. The summed E-state index contributed by atoms with van der Waals surface area (Å²) in [7, 11) is 0. The maximum Gasteiger partial charge on any atom is 0.103 e. The maximum atomic E-state index is 4.90. The predicted molar refractivity (Wildman–Crippen MR) is 96.3 cm³/mol. The van der Waals surface area contributed by atoms with E-state index in [2.05, 4.69) is 49.5 Å². The van der Waals surface area contributed by atoms with Gasteiger partial charge in [0.15, 0.2) is 0 Å². The topological polar surface area (TPSA) is 24.9 Å². The van der Waals surface area contributed by atoms with Crippen LogP contribution in [-0.2, 0) is 12.2 Å². The van der Waals surface area contributed by atoms with Crippen molar-refractivity contribution in [1.82, 2.24) is 10.3 Å². The molecule has 2 rings (SSSR count). The van der Waals surface area contributed by atoms with Gasteiger partial charge in [0.2, 0.25) is 0 Å². The normalized spacial score (nSPS) is 11.0. The fraction of sp³-hybridized carbons (Fsp3) is 0.471. The van der Waals surface area contributed by atoms with Gasteiger partial charge in [-0.15, -0.1) is 11.3 Å². The number of rotatable bonds is 9. The van der Waals surface area contributed by atoms with Crippen LogP contribution in [-0.4, -0.2) is 23.8 Å². The second-order valence-corrected chi connectivity index (χ2v) is 7.17. The Morgan fingerprint density at radius 2 is 2.00 bits per heavy atom. The molecule has 2 aromatic rings. The summed E-state index contributed by atoms with van der Waals surface area (Å²) in [4.78, 5) is 6.31. The molecule has 2 nitrogen and oxygen atoms in total. The van der Waals surface area contributed by atoms with Crippen molar-refractivity contribution in [3.63, 3.8) is 0 Å². The van der Waals surface area contributed by atoms with Crippen LogP contribution in [0, 0.1) is 0 Å². The third-order valence-electron chi connectivity index (χ3n) is 3.14. The summed E-state index contributed by atoms with van der Waals surface area (Å²) in [6, 6.07) is 10.6. The fourth-order valence-corrected chi connectivity index (χ4v) is 4.18. The van der Waals surface area contributed by atoms with Gasteiger partial charge >= 0.3 is 0 Å². The number of likely N-dealkylation sites (N-methyl/N-ethyl adjacent to an activating group) is 1. The van der Waals surface area contributed by atoms with Crippen molar-refractivity contribution in [2.45, 2.75) is 32.4 Å². The molecule has 0 atom stereocenters. The minimum atomic E-state index is 1.03. The summed E-state index contributed by atoms with van der Waals surface area (Å²) in [5, 5.41) is 4.67. The summed E-state index contributed by atoms with van der Waals surface area (Å²) < 4.78 is 0. The number of nitrogens with zero attached hydrogens (tertiary/aromatic N) is 1. The minimum absolute atomic E-state index is 1.03. The number of thioether (sulfide) groups is 1. The SMILES string of the molecule is CCCSCc1nc(-c2ccccc2)c(CCNCC)s1. The van der Waals surface area contributed by atoms with Gasteiger partial charge in [-0.1, -0.05) is 44.2 Å². The number of benzene rings is 1. The van der Waals surface area contributed by atoms with Crippen molar-refractivity contribution < 1.29 is 0 Å². The third-order valence-corrected chi connectivity index (χ3v) is 5.61. The van der Waals surface area contributed by atoms with E-state index < -0.39 is 0 Å². The first kappa shape index (κ1) is 16.5. The summed E-state index contributed by atoms with van der Waals surface area (Å²) in [6.07, 6.45) is 2.29. The highest BCUT2D eigenvalue weighted by atomic mass is 32.2. The summed E-state index contributed by atoms with van der Waals surface area (Å²) >= 11 is 3.87. The quantitative estimate of drug-likeness (QED) is 0.683. The Hall–Kier alpha value is -0.840. The molecule has 0 aliphatic carbocycles. The molecule has 4 heteroatoms. The summed E-state index contributed by atoms with van der Waals surface area (Å²) in [6.45, 7) is 6.43. The molecule has 0 fully saturated rings. The third kappa shape index (κ3) is 5.13. The zero-order chi connectivity index (χ0) is 14.9. The van der Waals surface area contributed by atoms with Crippen LogP contribution in [0.25, 0.3) is 11.3 Å². The van der Waals surface area contributed by atoms with Crippen LogP contribution in [0.2, 0.25) is 0 Å². The van der Waals surface area contributed by atoms with E-state index in [9.17, 15) is 0 Å². The van der Waals surface area contributed by atoms with Crippen LogP contribution < -0.4 is 5.32 Å². The van der Waals surface area contributed by atoms with Crippen molar-refractivity contribution in [2.75, 3.05) is 18.8 Å². The van der Waals surface area contributed by atoms with Gasteiger partial charge in [0.1, 0.15) is 5.01 Å². The lowest BCUT2D eigenvalue weighted by Crippen LogP contribution is -2.15. The van der Waals surface area contributed by atoms with E-state index in [1.165, 1.54) is 33.3 Å². The van der Waals surface area contributed by atoms with Crippen molar-refractivity contribution in [3.05, 3.63) is 40.2 Å². The molecule has 0 saturated heterocycles. The molecule has 21 heavy (non-hydrogen) atoms. The number of nitrogens with one attached hydrogen (secondary N) is 1. The predicted octanol–water partition coefficient (Wildman–Crippen LogP) is 4.61. The molecule has 1 aromatic carbocycles. The molecule has 0 radical (unpaired) electrons. The van der Waals surface area contributed by atoms with Crippen molar-refractivity contribution >= 4 is 23.1 Å². The zero-order valence-electron chi connectivity index (χ0n) is 12.9.